The molecule has 0 aliphatic carbocycles. The van der Waals surface area contributed by atoms with Crippen molar-refractivity contribution < 1.29 is 9.47 Å². The quantitative estimate of drug-likeness (QED) is 0.868. The Labute approximate surface area is 111 Å². The summed E-state index contributed by atoms with van der Waals surface area (Å²) < 4.78 is 10.8. The molecule has 0 aliphatic rings. The maximum atomic E-state index is 6.00. The number of nitrogens with zero attached hydrogens (tertiary/aromatic N) is 1. The molecule has 0 saturated carbocycles. The van der Waals surface area contributed by atoms with Gasteiger partial charge >= 0.3 is 0 Å². The number of rotatable bonds is 6. The molecule has 1 aromatic heterocycles. The monoisotopic (exact) mass is 278 g/mol. The van der Waals surface area contributed by atoms with Gasteiger partial charge in [-0.3, -0.25) is 0 Å². The predicted octanol–water partition coefficient (Wildman–Crippen LogP) is 3.23. The highest BCUT2D eigenvalue weighted by molar-refractivity contribution is 6.36. The Balaban J connectivity index is 2.76. The molecule has 0 saturated heterocycles. The highest BCUT2D eigenvalue weighted by Crippen LogP contribution is 2.30. The molecule has 4 nitrogen and oxygen atoms in total. The minimum Gasteiger partial charge on any atom is -0.471 e. The smallest absolute Gasteiger partial charge is 0.235 e. The average molecular weight is 279 g/mol. The van der Waals surface area contributed by atoms with Crippen molar-refractivity contribution in [1.82, 2.24) is 4.98 Å². The maximum Gasteiger partial charge on any atom is 0.235 e. The van der Waals surface area contributed by atoms with E-state index in [0.29, 0.717) is 35.0 Å². The van der Waals surface area contributed by atoms with Crippen molar-refractivity contribution in [3.63, 3.8) is 0 Å². The lowest BCUT2D eigenvalue weighted by atomic mass is 10.4. The molecule has 17 heavy (non-hydrogen) atoms. The number of hydrogen-bond acceptors (Lipinski definition) is 4. The highest BCUT2D eigenvalue weighted by Gasteiger charge is 2.12. The summed E-state index contributed by atoms with van der Waals surface area (Å²) in [6, 6.07) is 1.60. The van der Waals surface area contributed by atoms with Crippen molar-refractivity contribution in [2.75, 3.05) is 25.6 Å². The van der Waals surface area contributed by atoms with Crippen LogP contribution in [0.15, 0.2) is 6.07 Å². The largest absolute Gasteiger partial charge is 0.471 e. The number of nitrogens with one attached hydrogen (secondary N) is 1. The Morgan fingerprint density at radius 2 is 2.12 bits per heavy atom. The van der Waals surface area contributed by atoms with Gasteiger partial charge in [-0.25, -0.2) is 0 Å². The molecule has 1 unspecified atom stereocenters. The van der Waals surface area contributed by atoms with Crippen LogP contribution in [0.4, 0.5) is 5.82 Å². The van der Waals surface area contributed by atoms with Crippen LogP contribution in [0.3, 0.4) is 0 Å². The van der Waals surface area contributed by atoms with Crippen molar-refractivity contribution in [3.05, 3.63) is 16.1 Å². The molecule has 6 heteroatoms. The topological polar surface area (TPSA) is 43.4 Å². The molecule has 0 spiro atoms. The van der Waals surface area contributed by atoms with E-state index in [-0.39, 0.29) is 6.10 Å². The number of ether oxygens (including phenoxy) is 2. The summed E-state index contributed by atoms with van der Waals surface area (Å²) in [5.74, 6) is 0.891. The fraction of sp³-hybridized carbons (Fsp3) is 0.545. The van der Waals surface area contributed by atoms with Gasteiger partial charge in [0.15, 0.2) is 0 Å². The van der Waals surface area contributed by atoms with E-state index in [2.05, 4.69) is 10.3 Å². The van der Waals surface area contributed by atoms with Crippen LogP contribution in [-0.2, 0) is 4.74 Å². The van der Waals surface area contributed by atoms with Gasteiger partial charge in [-0.2, -0.15) is 4.98 Å². The molecule has 0 bridgehead atoms. The van der Waals surface area contributed by atoms with Crippen molar-refractivity contribution in [2.24, 2.45) is 0 Å². The van der Waals surface area contributed by atoms with Gasteiger partial charge < -0.3 is 14.8 Å². The van der Waals surface area contributed by atoms with Crippen LogP contribution in [0.5, 0.6) is 5.88 Å². The zero-order valence-electron chi connectivity index (χ0n) is 10.1. The SMILES string of the molecule is CCOCC(C)Oc1nc(NC)c(Cl)cc1Cl. The van der Waals surface area contributed by atoms with E-state index in [1.807, 2.05) is 13.8 Å². The van der Waals surface area contributed by atoms with E-state index in [1.165, 1.54) is 0 Å². The second-order valence-corrected chi connectivity index (χ2v) is 4.26. The van der Waals surface area contributed by atoms with Crippen LogP contribution in [0, 0.1) is 0 Å². The van der Waals surface area contributed by atoms with Gasteiger partial charge in [0.2, 0.25) is 5.88 Å². The number of pyridine rings is 1. The molecular formula is C11H16Cl2N2O2. The first kappa shape index (κ1) is 14.4. The van der Waals surface area contributed by atoms with E-state index in [4.69, 9.17) is 32.7 Å². The Kier molecular flexibility index (Phi) is 5.82. The Morgan fingerprint density at radius 3 is 2.71 bits per heavy atom. The number of aromatic nitrogens is 1. The first-order valence-corrected chi connectivity index (χ1v) is 6.12. The molecular weight excluding hydrogens is 263 g/mol. The van der Waals surface area contributed by atoms with Crippen LogP contribution in [0.2, 0.25) is 10.0 Å². The third-order valence-corrected chi connectivity index (χ3v) is 2.56. The lowest BCUT2D eigenvalue weighted by Gasteiger charge is -2.15. The van der Waals surface area contributed by atoms with Gasteiger partial charge in [-0.1, -0.05) is 23.2 Å². The summed E-state index contributed by atoms with van der Waals surface area (Å²) in [6.07, 6.45) is -0.120. The summed E-state index contributed by atoms with van der Waals surface area (Å²) in [6.45, 7) is 4.96. The molecule has 1 N–H and O–H groups in total. The summed E-state index contributed by atoms with van der Waals surface area (Å²) >= 11 is 11.9. The molecule has 0 fully saturated rings. The van der Waals surface area contributed by atoms with Crippen LogP contribution < -0.4 is 10.1 Å². The number of anilines is 1. The lowest BCUT2D eigenvalue weighted by molar-refractivity contribution is 0.0635. The molecule has 1 rings (SSSR count). The second kappa shape index (κ2) is 6.89. The minimum absolute atomic E-state index is 0.120. The third-order valence-electron chi connectivity index (χ3n) is 2.00. The standard InChI is InChI=1S/C11H16Cl2N2O2/c1-4-16-6-7(2)17-11-9(13)5-8(12)10(14-3)15-11/h5,7H,4,6H2,1-3H3,(H,14,15). The molecule has 0 aromatic carbocycles. The Morgan fingerprint density at radius 1 is 1.41 bits per heavy atom. The van der Waals surface area contributed by atoms with Crippen molar-refractivity contribution in [1.29, 1.82) is 0 Å². The molecule has 96 valence electrons. The van der Waals surface area contributed by atoms with Crippen molar-refractivity contribution in [3.8, 4) is 5.88 Å². The normalized spacial score (nSPS) is 12.3. The van der Waals surface area contributed by atoms with Gasteiger partial charge in [0.05, 0.1) is 11.6 Å². The summed E-state index contributed by atoms with van der Waals surface area (Å²) in [5.41, 5.74) is 0. The minimum atomic E-state index is -0.120. The zero-order chi connectivity index (χ0) is 12.8. The maximum absolute atomic E-state index is 6.00. The molecule has 1 heterocycles. The predicted molar refractivity (Wildman–Crippen MR) is 70.4 cm³/mol. The summed E-state index contributed by atoms with van der Waals surface area (Å²) in [5, 5.41) is 3.71. The van der Waals surface area contributed by atoms with Gasteiger partial charge in [-0.15, -0.1) is 0 Å². The molecule has 1 aromatic rings. The molecule has 0 amide bonds. The van der Waals surface area contributed by atoms with Crippen LogP contribution in [-0.4, -0.2) is 31.3 Å². The van der Waals surface area contributed by atoms with Gasteiger partial charge in [0.25, 0.3) is 0 Å². The van der Waals surface area contributed by atoms with E-state index < -0.39 is 0 Å². The van der Waals surface area contributed by atoms with Gasteiger partial charge in [0, 0.05) is 13.7 Å². The summed E-state index contributed by atoms with van der Waals surface area (Å²) in [4.78, 5) is 4.19. The first-order chi connectivity index (χ1) is 8.08. The van der Waals surface area contributed by atoms with Gasteiger partial charge in [-0.05, 0) is 19.9 Å². The van der Waals surface area contributed by atoms with Crippen LogP contribution in [0.1, 0.15) is 13.8 Å². The highest BCUT2D eigenvalue weighted by atomic mass is 35.5. The Hall–Kier alpha value is -0.710. The van der Waals surface area contributed by atoms with E-state index in [0.717, 1.165) is 0 Å². The fourth-order valence-electron chi connectivity index (χ4n) is 1.22. The number of hydrogen-bond donors (Lipinski definition) is 1. The molecule has 0 aliphatic heterocycles. The van der Waals surface area contributed by atoms with E-state index >= 15 is 0 Å². The Bertz CT molecular complexity index is 375. The van der Waals surface area contributed by atoms with E-state index in [1.54, 1.807) is 13.1 Å². The zero-order valence-corrected chi connectivity index (χ0v) is 11.6. The summed E-state index contributed by atoms with van der Waals surface area (Å²) in [7, 11) is 1.73. The van der Waals surface area contributed by atoms with E-state index in [9.17, 15) is 0 Å². The average Bonchev–Trinajstić information content (AvgIpc) is 2.30. The van der Waals surface area contributed by atoms with Crippen LogP contribution >= 0.6 is 23.2 Å². The first-order valence-electron chi connectivity index (χ1n) is 5.36. The van der Waals surface area contributed by atoms with Gasteiger partial charge in [0.1, 0.15) is 16.9 Å². The number of halogens is 2. The fourth-order valence-corrected chi connectivity index (χ4v) is 1.71. The van der Waals surface area contributed by atoms with Crippen LogP contribution in [0.25, 0.3) is 0 Å². The lowest BCUT2D eigenvalue weighted by Crippen LogP contribution is -2.20. The van der Waals surface area contributed by atoms with Crippen molar-refractivity contribution >= 4 is 29.0 Å². The third kappa shape index (κ3) is 4.22. The molecule has 0 radical (unpaired) electrons. The second-order valence-electron chi connectivity index (χ2n) is 3.44. The van der Waals surface area contributed by atoms with Crippen molar-refractivity contribution in [2.45, 2.75) is 20.0 Å². The molecule has 1 atom stereocenters.